The Labute approximate surface area is 154 Å². The second kappa shape index (κ2) is 8.70. The van der Waals surface area contributed by atoms with Crippen LogP contribution in [0.15, 0.2) is 36.9 Å². The second-order valence-corrected chi connectivity index (χ2v) is 6.65. The highest BCUT2D eigenvalue weighted by Gasteiger charge is 2.50. The SMILES string of the molecule is C=C(c1ccccc1)[C@@H]1[C@@H](C(C)C)N1CCC(=O)C(=[N+]=[N-])C(=O)OCC. The molecule has 26 heavy (non-hydrogen) atoms. The molecule has 0 saturated carbocycles. The first-order valence-corrected chi connectivity index (χ1v) is 8.84. The van der Waals surface area contributed by atoms with Crippen molar-refractivity contribution in [3.63, 3.8) is 0 Å². The smallest absolute Gasteiger partial charge is 0.441 e. The van der Waals surface area contributed by atoms with E-state index in [1.807, 2.05) is 30.3 Å². The topological polar surface area (TPSA) is 82.8 Å². The molecule has 0 radical (unpaired) electrons. The Morgan fingerprint density at radius 3 is 2.50 bits per heavy atom. The lowest BCUT2D eigenvalue weighted by Crippen LogP contribution is -2.29. The van der Waals surface area contributed by atoms with Gasteiger partial charge in [0.25, 0.3) is 5.78 Å². The van der Waals surface area contributed by atoms with E-state index >= 15 is 0 Å². The van der Waals surface area contributed by atoms with E-state index in [9.17, 15) is 9.59 Å². The Bertz CT molecular complexity index is 736. The van der Waals surface area contributed by atoms with Crippen LogP contribution in [0.1, 0.15) is 32.8 Å². The molecule has 6 heteroatoms. The van der Waals surface area contributed by atoms with Gasteiger partial charge in [0.2, 0.25) is 0 Å². The lowest BCUT2D eigenvalue weighted by molar-refractivity contribution is -0.141. The van der Waals surface area contributed by atoms with E-state index < -0.39 is 17.5 Å². The van der Waals surface area contributed by atoms with E-state index in [1.54, 1.807) is 6.92 Å². The van der Waals surface area contributed by atoms with Crippen molar-refractivity contribution >= 4 is 23.0 Å². The number of nitrogens with zero attached hydrogens (tertiary/aromatic N) is 3. The van der Waals surface area contributed by atoms with Gasteiger partial charge in [0, 0.05) is 19.0 Å². The highest BCUT2D eigenvalue weighted by atomic mass is 16.5. The summed E-state index contributed by atoms with van der Waals surface area (Å²) in [6.07, 6.45) is 0.0833. The standard InChI is InChI=1S/C20H25N3O3/c1-5-26-20(25)17(22-21)16(24)11-12-23-18(13(2)3)19(23)14(4)15-9-7-6-8-10-15/h6-10,13,18-19H,4-5,11-12H2,1-3H3/t18-,19-,23?/m1/s1. The number of Topliss-reactive ketones (excluding diaryl/α,β-unsaturated/α-hetero) is 1. The van der Waals surface area contributed by atoms with Crippen LogP contribution in [0.25, 0.3) is 11.1 Å². The number of rotatable bonds is 9. The fraction of sp³-hybridized carbons (Fsp3) is 0.450. The van der Waals surface area contributed by atoms with Gasteiger partial charge in [-0.2, -0.15) is 4.79 Å². The van der Waals surface area contributed by atoms with Crippen molar-refractivity contribution in [2.45, 2.75) is 39.3 Å². The van der Waals surface area contributed by atoms with Crippen LogP contribution in [0.2, 0.25) is 0 Å². The zero-order valence-electron chi connectivity index (χ0n) is 15.5. The second-order valence-electron chi connectivity index (χ2n) is 6.65. The average molecular weight is 355 g/mol. The van der Waals surface area contributed by atoms with Crippen molar-refractivity contribution in [3.8, 4) is 0 Å². The predicted octanol–water partition coefficient (Wildman–Crippen LogP) is 2.60. The molecule has 2 rings (SSSR count). The summed E-state index contributed by atoms with van der Waals surface area (Å²) < 4.78 is 4.74. The molecule has 0 amide bonds. The van der Waals surface area contributed by atoms with E-state index in [-0.39, 0.29) is 19.1 Å². The number of benzene rings is 1. The van der Waals surface area contributed by atoms with Gasteiger partial charge in [-0.1, -0.05) is 50.8 Å². The molecular weight excluding hydrogens is 330 g/mol. The predicted molar refractivity (Wildman–Crippen MR) is 99.5 cm³/mol. The van der Waals surface area contributed by atoms with E-state index in [2.05, 4.69) is 30.1 Å². The zero-order chi connectivity index (χ0) is 19.3. The first-order chi connectivity index (χ1) is 12.4. The van der Waals surface area contributed by atoms with Gasteiger partial charge in [-0.15, -0.1) is 0 Å². The number of hydrogen-bond acceptors (Lipinski definition) is 4. The van der Waals surface area contributed by atoms with Crippen LogP contribution in [-0.2, 0) is 14.3 Å². The molecule has 0 aromatic heterocycles. The number of carbonyl (C=O) groups is 2. The molecule has 1 fully saturated rings. The summed E-state index contributed by atoms with van der Waals surface area (Å²) in [5, 5.41) is 0. The molecule has 138 valence electrons. The Morgan fingerprint density at radius 1 is 1.31 bits per heavy atom. The normalized spacial score (nSPS) is 21.0. The van der Waals surface area contributed by atoms with Crippen LogP contribution in [0, 0.1) is 5.92 Å². The van der Waals surface area contributed by atoms with Crippen molar-refractivity contribution in [2.75, 3.05) is 13.2 Å². The van der Waals surface area contributed by atoms with E-state index in [0.29, 0.717) is 18.5 Å². The maximum atomic E-state index is 12.2. The van der Waals surface area contributed by atoms with Crippen molar-refractivity contribution in [1.82, 2.24) is 4.90 Å². The number of carbonyl (C=O) groups excluding carboxylic acids is 2. The molecule has 0 N–H and O–H groups in total. The Morgan fingerprint density at radius 2 is 1.96 bits per heavy atom. The van der Waals surface area contributed by atoms with Gasteiger partial charge in [0.05, 0.1) is 12.6 Å². The van der Waals surface area contributed by atoms with Gasteiger partial charge in [-0.25, -0.2) is 4.79 Å². The zero-order valence-corrected chi connectivity index (χ0v) is 15.5. The molecule has 1 heterocycles. The maximum absolute atomic E-state index is 12.2. The molecule has 1 aliphatic rings. The fourth-order valence-corrected chi connectivity index (χ4v) is 3.32. The van der Waals surface area contributed by atoms with Crippen LogP contribution in [-0.4, -0.2) is 52.4 Å². The van der Waals surface area contributed by atoms with Crippen molar-refractivity contribution in [2.24, 2.45) is 5.92 Å². The summed E-state index contributed by atoms with van der Waals surface area (Å²) in [5.41, 5.74) is 10.5. The number of ketones is 1. The third-order valence-electron chi connectivity index (χ3n) is 4.59. The van der Waals surface area contributed by atoms with Crippen molar-refractivity contribution in [3.05, 3.63) is 48.0 Å². The largest absolute Gasteiger partial charge is 0.457 e. The summed E-state index contributed by atoms with van der Waals surface area (Å²) in [5.74, 6) is -1.01. The quantitative estimate of drug-likeness (QED) is 0.170. The van der Waals surface area contributed by atoms with Gasteiger partial charge < -0.3 is 10.3 Å². The van der Waals surface area contributed by atoms with Crippen LogP contribution in [0.5, 0.6) is 0 Å². The molecule has 0 spiro atoms. The van der Waals surface area contributed by atoms with E-state index in [0.717, 1.165) is 11.1 Å². The third kappa shape index (κ3) is 4.34. The van der Waals surface area contributed by atoms with Crippen LogP contribution < -0.4 is 0 Å². The maximum Gasteiger partial charge on any atom is 0.441 e. The van der Waals surface area contributed by atoms with Crippen molar-refractivity contribution < 1.29 is 19.1 Å². The van der Waals surface area contributed by atoms with E-state index in [1.165, 1.54) is 0 Å². The number of ether oxygens (including phenoxy) is 1. The molecule has 0 aliphatic carbocycles. The molecular formula is C20H25N3O3. The molecule has 6 nitrogen and oxygen atoms in total. The molecule has 1 unspecified atom stereocenters. The number of hydrogen-bond donors (Lipinski definition) is 0. The van der Waals surface area contributed by atoms with Crippen LogP contribution >= 0.6 is 0 Å². The Hall–Kier alpha value is -2.56. The summed E-state index contributed by atoms with van der Waals surface area (Å²) in [6.45, 7) is 10.7. The van der Waals surface area contributed by atoms with Gasteiger partial charge >= 0.3 is 11.7 Å². The van der Waals surface area contributed by atoms with Crippen molar-refractivity contribution in [1.29, 1.82) is 0 Å². The van der Waals surface area contributed by atoms with Gasteiger partial charge in [-0.05, 0) is 24.0 Å². The average Bonchev–Trinajstić information content (AvgIpc) is 3.35. The number of esters is 1. The van der Waals surface area contributed by atoms with Crippen LogP contribution in [0.3, 0.4) is 0 Å². The summed E-state index contributed by atoms with van der Waals surface area (Å²) in [6, 6.07) is 10.4. The highest BCUT2D eigenvalue weighted by molar-refractivity contribution is 6.62. The lowest BCUT2D eigenvalue weighted by Gasteiger charge is -2.06. The molecule has 3 atom stereocenters. The first-order valence-electron chi connectivity index (χ1n) is 8.84. The first kappa shape index (κ1) is 19.8. The molecule has 1 aromatic carbocycles. The van der Waals surface area contributed by atoms with Gasteiger partial charge in [0.1, 0.15) is 0 Å². The van der Waals surface area contributed by atoms with Gasteiger partial charge in [0.15, 0.2) is 0 Å². The Kier molecular flexibility index (Phi) is 6.61. The molecule has 1 aliphatic heterocycles. The highest BCUT2D eigenvalue weighted by Crippen LogP contribution is 2.42. The summed E-state index contributed by atoms with van der Waals surface area (Å²) in [7, 11) is 0. The lowest BCUT2D eigenvalue weighted by atomic mass is 9.99. The molecule has 1 aromatic rings. The molecule has 1 saturated heterocycles. The summed E-state index contributed by atoms with van der Waals surface area (Å²) >= 11 is 0. The molecule has 0 bridgehead atoms. The van der Waals surface area contributed by atoms with Gasteiger partial charge in [-0.3, -0.25) is 9.69 Å². The minimum absolute atomic E-state index is 0.0833. The third-order valence-corrected chi connectivity index (χ3v) is 4.59. The monoisotopic (exact) mass is 355 g/mol. The van der Waals surface area contributed by atoms with Crippen LogP contribution in [0.4, 0.5) is 0 Å². The van der Waals surface area contributed by atoms with E-state index in [4.69, 9.17) is 10.3 Å². The Balaban J connectivity index is 2.02. The summed E-state index contributed by atoms with van der Waals surface area (Å²) in [4.78, 5) is 28.9. The minimum atomic E-state index is -0.892. The minimum Gasteiger partial charge on any atom is -0.457 e. The fourth-order valence-electron chi connectivity index (χ4n) is 3.32.